The lowest BCUT2D eigenvalue weighted by molar-refractivity contribution is -0.140. The molecule has 0 radical (unpaired) electrons. The molecule has 18 heavy (non-hydrogen) atoms. The topological polar surface area (TPSA) is 43.4 Å². The Labute approximate surface area is 109 Å². The molecule has 0 N–H and O–H groups in total. The molecule has 100 valence electrons. The largest absolute Gasteiger partial charge is 0.462 e. The Morgan fingerprint density at radius 3 is 2.17 bits per heavy atom. The van der Waals surface area contributed by atoms with Crippen molar-refractivity contribution in [2.24, 2.45) is 0 Å². The summed E-state index contributed by atoms with van der Waals surface area (Å²) in [5, 5.41) is 0. The highest BCUT2D eigenvalue weighted by molar-refractivity contribution is 6.17. The van der Waals surface area contributed by atoms with Crippen LogP contribution >= 0.6 is 0 Å². The molecule has 0 aromatic carbocycles. The molecule has 0 spiro atoms. The summed E-state index contributed by atoms with van der Waals surface area (Å²) < 4.78 is 5.08. The monoisotopic (exact) mass is 250 g/mol. The number of allylic oxidation sites excluding steroid dienone is 3. The van der Waals surface area contributed by atoms with Gasteiger partial charge in [0.1, 0.15) is 5.57 Å². The molecule has 0 fully saturated rings. The first-order valence-corrected chi connectivity index (χ1v) is 6.25. The molecule has 0 aromatic rings. The Bertz CT molecular complexity index is 341. The van der Waals surface area contributed by atoms with E-state index in [9.17, 15) is 9.59 Å². The van der Waals surface area contributed by atoms with Crippen LogP contribution in [-0.2, 0) is 14.3 Å². The number of hydrogen-bond acceptors (Lipinski definition) is 3. The first-order chi connectivity index (χ1) is 8.58. The molecule has 0 rings (SSSR count). The molecule has 0 aromatic heterocycles. The van der Waals surface area contributed by atoms with Crippen LogP contribution in [0.5, 0.6) is 0 Å². The molecular formula is C15H22O3. The van der Waals surface area contributed by atoms with Crippen LogP contribution in [0.4, 0.5) is 0 Å². The fraction of sp³-hybridized carbons (Fsp3) is 0.467. The zero-order valence-electron chi connectivity index (χ0n) is 11.3. The van der Waals surface area contributed by atoms with E-state index in [2.05, 4.69) is 20.1 Å². The second kappa shape index (κ2) is 9.40. The fourth-order valence-electron chi connectivity index (χ4n) is 1.52. The Morgan fingerprint density at radius 2 is 1.72 bits per heavy atom. The number of unbranched alkanes of at least 4 members (excludes halogenated alkanes) is 3. The molecule has 0 saturated heterocycles. The fourth-order valence-corrected chi connectivity index (χ4v) is 1.52. The molecule has 0 amide bonds. The van der Waals surface area contributed by atoms with Crippen LogP contribution in [0.2, 0.25) is 0 Å². The number of ether oxygens (including phenoxy) is 1. The summed E-state index contributed by atoms with van der Waals surface area (Å²) in [4.78, 5) is 23.2. The van der Waals surface area contributed by atoms with Gasteiger partial charge in [0.05, 0.1) is 6.61 Å². The number of carbonyl (C=O) groups excluding carboxylic acids is 2. The summed E-state index contributed by atoms with van der Waals surface area (Å²) >= 11 is 0. The predicted molar refractivity (Wildman–Crippen MR) is 73.2 cm³/mol. The van der Waals surface area contributed by atoms with Gasteiger partial charge in [-0.2, -0.15) is 0 Å². The minimum atomic E-state index is -0.589. The van der Waals surface area contributed by atoms with Crippen molar-refractivity contribution in [1.29, 1.82) is 0 Å². The third-order valence-corrected chi connectivity index (χ3v) is 2.52. The van der Waals surface area contributed by atoms with E-state index in [1.807, 2.05) is 0 Å². The maximum atomic E-state index is 11.8. The molecule has 3 nitrogen and oxygen atoms in total. The van der Waals surface area contributed by atoms with E-state index < -0.39 is 5.97 Å². The van der Waals surface area contributed by atoms with Crippen molar-refractivity contribution in [2.75, 3.05) is 6.61 Å². The molecule has 0 unspecified atom stereocenters. The van der Waals surface area contributed by atoms with E-state index in [4.69, 9.17) is 4.74 Å². The summed E-state index contributed by atoms with van der Waals surface area (Å²) in [5.41, 5.74) is 0.441. The smallest absolute Gasteiger partial charge is 0.342 e. The molecule has 0 aliphatic heterocycles. The van der Waals surface area contributed by atoms with Gasteiger partial charge < -0.3 is 4.74 Å². The van der Waals surface area contributed by atoms with Crippen LogP contribution in [0.1, 0.15) is 39.5 Å². The SMILES string of the molecule is C=CC(C=C)=C(C(C)=O)C(=O)OCCCCCC. The van der Waals surface area contributed by atoms with Gasteiger partial charge in [-0.3, -0.25) is 4.79 Å². The van der Waals surface area contributed by atoms with Gasteiger partial charge in [-0.1, -0.05) is 51.5 Å². The van der Waals surface area contributed by atoms with Crippen molar-refractivity contribution in [3.63, 3.8) is 0 Å². The van der Waals surface area contributed by atoms with Gasteiger partial charge >= 0.3 is 5.97 Å². The van der Waals surface area contributed by atoms with Crippen molar-refractivity contribution in [3.05, 3.63) is 36.5 Å². The molecular weight excluding hydrogens is 228 g/mol. The third kappa shape index (κ3) is 5.62. The van der Waals surface area contributed by atoms with Crippen molar-refractivity contribution in [3.8, 4) is 0 Å². The number of carbonyl (C=O) groups is 2. The first kappa shape index (κ1) is 16.4. The summed E-state index contributed by atoms with van der Waals surface area (Å²) in [7, 11) is 0. The Morgan fingerprint density at radius 1 is 1.11 bits per heavy atom. The van der Waals surface area contributed by atoms with E-state index in [0.717, 1.165) is 25.7 Å². The van der Waals surface area contributed by atoms with Gasteiger partial charge in [0.15, 0.2) is 5.78 Å². The van der Waals surface area contributed by atoms with Crippen molar-refractivity contribution >= 4 is 11.8 Å². The predicted octanol–water partition coefficient (Wildman–Crippen LogP) is 3.37. The molecule has 0 heterocycles. The summed E-state index contributed by atoms with van der Waals surface area (Å²) in [6, 6.07) is 0. The molecule has 0 aliphatic carbocycles. The first-order valence-electron chi connectivity index (χ1n) is 6.25. The van der Waals surface area contributed by atoms with E-state index >= 15 is 0 Å². The molecule has 0 aliphatic rings. The van der Waals surface area contributed by atoms with Gasteiger partial charge in [-0.05, 0) is 18.9 Å². The van der Waals surface area contributed by atoms with Crippen LogP contribution in [0.3, 0.4) is 0 Å². The van der Waals surface area contributed by atoms with Crippen molar-refractivity contribution < 1.29 is 14.3 Å². The molecule has 3 heteroatoms. The van der Waals surface area contributed by atoms with E-state index in [1.54, 1.807) is 0 Å². The second-order valence-corrected chi connectivity index (χ2v) is 3.99. The van der Waals surface area contributed by atoms with Crippen LogP contribution in [-0.4, -0.2) is 18.4 Å². The number of esters is 1. The lowest BCUT2D eigenvalue weighted by atomic mass is 10.1. The molecule has 0 saturated carbocycles. The number of rotatable bonds is 9. The average Bonchev–Trinajstić information content (AvgIpc) is 2.34. The van der Waals surface area contributed by atoms with E-state index in [0.29, 0.717) is 12.2 Å². The highest BCUT2D eigenvalue weighted by Crippen LogP contribution is 2.11. The van der Waals surface area contributed by atoms with Gasteiger partial charge in [0, 0.05) is 0 Å². The van der Waals surface area contributed by atoms with Crippen molar-refractivity contribution in [1.82, 2.24) is 0 Å². The molecule has 0 atom stereocenters. The lowest BCUT2D eigenvalue weighted by Gasteiger charge is -2.07. The van der Waals surface area contributed by atoms with Gasteiger partial charge in [-0.25, -0.2) is 4.79 Å². The van der Waals surface area contributed by atoms with Gasteiger partial charge in [0.2, 0.25) is 0 Å². The third-order valence-electron chi connectivity index (χ3n) is 2.52. The Kier molecular flexibility index (Phi) is 8.54. The standard InChI is InChI=1S/C15H22O3/c1-5-8-9-10-11-18-15(17)14(12(4)16)13(6-2)7-3/h6-7H,2-3,5,8-11H2,1,4H3. The summed E-state index contributed by atoms with van der Waals surface area (Å²) in [5.74, 6) is -0.919. The van der Waals surface area contributed by atoms with Gasteiger partial charge in [0.25, 0.3) is 0 Å². The van der Waals surface area contributed by atoms with Crippen LogP contribution < -0.4 is 0 Å². The van der Waals surface area contributed by atoms with E-state index in [1.165, 1.54) is 19.1 Å². The normalized spacial score (nSPS) is 9.44. The lowest BCUT2D eigenvalue weighted by Crippen LogP contribution is -2.16. The number of hydrogen-bond donors (Lipinski definition) is 0. The van der Waals surface area contributed by atoms with Crippen LogP contribution in [0, 0.1) is 0 Å². The highest BCUT2D eigenvalue weighted by atomic mass is 16.5. The number of Topliss-reactive ketones (excluding diaryl/α,β-unsaturated/α-hetero) is 1. The summed E-state index contributed by atoms with van der Waals surface area (Å²) in [6.07, 6.45) is 6.96. The maximum absolute atomic E-state index is 11.8. The number of ketones is 1. The Balaban J connectivity index is 4.52. The maximum Gasteiger partial charge on any atom is 0.342 e. The highest BCUT2D eigenvalue weighted by Gasteiger charge is 2.18. The second-order valence-electron chi connectivity index (χ2n) is 3.99. The quantitative estimate of drug-likeness (QED) is 0.157. The van der Waals surface area contributed by atoms with Gasteiger partial charge in [-0.15, -0.1) is 0 Å². The summed E-state index contributed by atoms with van der Waals surface area (Å²) in [6.45, 7) is 10.9. The minimum absolute atomic E-state index is 0.0236. The molecule has 0 bridgehead atoms. The van der Waals surface area contributed by atoms with Crippen LogP contribution in [0.15, 0.2) is 36.5 Å². The average molecular weight is 250 g/mol. The zero-order chi connectivity index (χ0) is 14.0. The minimum Gasteiger partial charge on any atom is -0.462 e. The van der Waals surface area contributed by atoms with Crippen molar-refractivity contribution in [2.45, 2.75) is 39.5 Å². The van der Waals surface area contributed by atoms with Crippen LogP contribution in [0.25, 0.3) is 0 Å². The Hall–Kier alpha value is -1.64. The van der Waals surface area contributed by atoms with E-state index in [-0.39, 0.29) is 11.4 Å². The zero-order valence-corrected chi connectivity index (χ0v) is 11.3.